The van der Waals surface area contributed by atoms with Crippen molar-refractivity contribution in [1.82, 2.24) is 4.90 Å². The van der Waals surface area contributed by atoms with Crippen LogP contribution in [0.25, 0.3) is 0 Å². The van der Waals surface area contributed by atoms with E-state index in [-0.39, 0.29) is 5.97 Å². The zero-order valence-electron chi connectivity index (χ0n) is 16.8. The number of rotatable bonds is 3. The van der Waals surface area contributed by atoms with Crippen molar-refractivity contribution in [2.75, 3.05) is 13.7 Å². The smallest absolute Gasteiger partial charge is 0.305 e. The Morgan fingerprint density at radius 2 is 2.00 bits per heavy atom. The third-order valence-corrected chi connectivity index (χ3v) is 11.1. The SMILES string of the molecule is COC(=O)CC[C@]12[C@@H]3[C@@H]4CC[C@@]1(C)[C@@H]1CC[C@@]5(CCC[C@H]52)[C@@H]1N3C[C@H]4C. The van der Waals surface area contributed by atoms with Crippen molar-refractivity contribution in [1.29, 1.82) is 0 Å². The third-order valence-electron chi connectivity index (χ3n) is 11.1. The van der Waals surface area contributed by atoms with Crippen LogP contribution in [0.5, 0.6) is 0 Å². The zero-order chi connectivity index (χ0) is 17.9. The van der Waals surface area contributed by atoms with Crippen molar-refractivity contribution < 1.29 is 9.53 Å². The number of nitrogens with zero attached hydrogens (tertiary/aromatic N) is 1. The van der Waals surface area contributed by atoms with Gasteiger partial charge in [0.1, 0.15) is 0 Å². The number of hydrogen-bond acceptors (Lipinski definition) is 3. The number of hydrogen-bond donors (Lipinski definition) is 0. The Balaban J connectivity index is 1.55. The number of ether oxygens (including phenoxy) is 1. The summed E-state index contributed by atoms with van der Waals surface area (Å²) in [5.74, 6) is 3.50. The highest BCUT2D eigenvalue weighted by molar-refractivity contribution is 5.69. The lowest BCUT2D eigenvalue weighted by Gasteiger charge is -2.77. The van der Waals surface area contributed by atoms with Crippen LogP contribution in [-0.4, -0.2) is 36.6 Å². The third kappa shape index (κ3) is 1.47. The topological polar surface area (TPSA) is 29.5 Å². The van der Waals surface area contributed by atoms with E-state index in [0.717, 1.165) is 42.2 Å². The van der Waals surface area contributed by atoms with E-state index in [1.54, 1.807) is 7.11 Å². The molecule has 4 saturated carbocycles. The van der Waals surface area contributed by atoms with Gasteiger partial charge in [-0.25, -0.2) is 0 Å². The minimum Gasteiger partial charge on any atom is -0.469 e. The monoisotopic (exact) mass is 357 g/mol. The largest absolute Gasteiger partial charge is 0.469 e. The van der Waals surface area contributed by atoms with Crippen molar-refractivity contribution in [2.45, 2.75) is 83.7 Å². The molecule has 7 rings (SSSR count). The van der Waals surface area contributed by atoms with E-state index < -0.39 is 0 Å². The van der Waals surface area contributed by atoms with Gasteiger partial charge in [0.25, 0.3) is 0 Å². The van der Waals surface area contributed by atoms with E-state index in [0.29, 0.717) is 22.7 Å². The van der Waals surface area contributed by atoms with Crippen LogP contribution in [0.4, 0.5) is 0 Å². The van der Waals surface area contributed by atoms with Crippen molar-refractivity contribution in [3.63, 3.8) is 0 Å². The lowest BCUT2D eigenvalue weighted by molar-refractivity contribution is -0.283. The second-order valence-corrected chi connectivity index (χ2v) is 11.1. The van der Waals surface area contributed by atoms with Gasteiger partial charge in [-0.2, -0.15) is 0 Å². The van der Waals surface area contributed by atoms with Gasteiger partial charge in [0.05, 0.1) is 7.11 Å². The van der Waals surface area contributed by atoms with Crippen molar-refractivity contribution in [3.05, 3.63) is 0 Å². The average Bonchev–Trinajstić information content (AvgIpc) is 3.31. The molecule has 0 unspecified atom stereocenters. The highest BCUT2D eigenvalue weighted by atomic mass is 16.5. The molecule has 9 atom stereocenters. The first-order valence-electron chi connectivity index (χ1n) is 11.3. The average molecular weight is 358 g/mol. The molecule has 0 aromatic carbocycles. The highest BCUT2D eigenvalue weighted by Crippen LogP contribution is 2.83. The summed E-state index contributed by atoms with van der Waals surface area (Å²) in [6, 6.07) is 1.63. The number of carbonyl (C=O) groups is 1. The first-order chi connectivity index (χ1) is 12.5. The van der Waals surface area contributed by atoms with E-state index in [4.69, 9.17) is 4.74 Å². The van der Waals surface area contributed by atoms with Gasteiger partial charge >= 0.3 is 5.97 Å². The molecule has 7 aliphatic rings. The van der Waals surface area contributed by atoms with Gasteiger partial charge in [-0.1, -0.05) is 20.3 Å². The van der Waals surface area contributed by atoms with Crippen molar-refractivity contribution >= 4 is 5.97 Å². The first kappa shape index (κ1) is 16.4. The summed E-state index contributed by atoms with van der Waals surface area (Å²) in [7, 11) is 1.57. The lowest BCUT2D eigenvalue weighted by atomic mass is 9.34. The van der Waals surface area contributed by atoms with E-state index >= 15 is 0 Å². The van der Waals surface area contributed by atoms with Crippen LogP contribution in [0.15, 0.2) is 0 Å². The van der Waals surface area contributed by atoms with Crippen molar-refractivity contribution in [3.8, 4) is 0 Å². The molecule has 6 bridgehead atoms. The van der Waals surface area contributed by atoms with Gasteiger partial charge in [0.15, 0.2) is 0 Å². The normalized spacial score (nSPS) is 58.9. The van der Waals surface area contributed by atoms with Gasteiger partial charge in [0.2, 0.25) is 0 Å². The fourth-order valence-corrected chi connectivity index (χ4v) is 10.6. The predicted molar refractivity (Wildman–Crippen MR) is 100 cm³/mol. The van der Waals surface area contributed by atoms with Gasteiger partial charge in [-0.05, 0) is 84.9 Å². The van der Waals surface area contributed by atoms with Gasteiger partial charge < -0.3 is 4.74 Å². The molecular weight excluding hydrogens is 322 g/mol. The molecule has 0 N–H and O–H groups in total. The highest BCUT2D eigenvalue weighted by Gasteiger charge is 2.82. The van der Waals surface area contributed by atoms with Crippen LogP contribution < -0.4 is 0 Å². The molecule has 3 heteroatoms. The second-order valence-electron chi connectivity index (χ2n) is 11.1. The summed E-state index contributed by atoms with van der Waals surface area (Å²) in [4.78, 5) is 15.3. The Morgan fingerprint density at radius 3 is 2.81 bits per heavy atom. The number of carbonyl (C=O) groups excluding carboxylic acids is 1. The Morgan fingerprint density at radius 1 is 1.15 bits per heavy atom. The standard InChI is InChI=1S/C23H35NO2/c1-14-13-24-19-15(14)6-10-21(2)16-7-11-22(20(16)24)9-4-5-17(22)23(19,21)12-8-18(25)26-3/h14-17,19-20H,4-13H2,1-3H3/t14-,15-,16-,17-,19+,20-,21+,22-,23+/m1/s1. The fraction of sp³-hybridized carbons (Fsp3) is 0.957. The molecule has 7 fully saturated rings. The predicted octanol–water partition coefficient (Wildman–Crippen LogP) is 4.25. The molecule has 0 aromatic rings. The molecule has 0 amide bonds. The molecule has 26 heavy (non-hydrogen) atoms. The van der Waals surface area contributed by atoms with E-state index in [1.807, 2.05) is 0 Å². The van der Waals surface area contributed by atoms with Crippen LogP contribution in [0.3, 0.4) is 0 Å². The lowest BCUT2D eigenvalue weighted by Crippen LogP contribution is -2.79. The molecule has 3 saturated heterocycles. The van der Waals surface area contributed by atoms with E-state index in [1.165, 1.54) is 51.5 Å². The van der Waals surface area contributed by atoms with Gasteiger partial charge in [0, 0.05) is 25.0 Å². The van der Waals surface area contributed by atoms with E-state index in [2.05, 4.69) is 18.7 Å². The Kier molecular flexibility index (Phi) is 3.08. The van der Waals surface area contributed by atoms with E-state index in [9.17, 15) is 4.79 Å². The van der Waals surface area contributed by atoms with Crippen LogP contribution in [-0.2, 0) is 9.53 Å². The number of piperidine rings is 2. The molecule has 144 valence electrons. The van der Waals surface area contributed by atoms with Crippen LogP contribution in [0.2, 0.25) is 0 Å². The fourth-order valence-electron chi connectivity index (χ4n) is 10.6. The summed E-state index contributed by atoms with van der Waals surface area (Å²) >= 11 is 0. The van der Waals surface area contributed by atoms with Gasteiger partial charge in [-0.15, -0.1) is 0 Å². The maximum absolute atomic E-state index is 12.2. The molecule has 3 heterocycles. The minimum absolute atomic E-state index is 0.0172. The molecule has 3 aliphatic heterocycles. The number of methoxy groups -OCH3 is 1. The molecule has 1 spiro atoms. The Hall–Kier alpha value is -0.570. The zero-order valence-corrected chi connectivity index (χ0v) is 16.8. The molecule has 4 aliphatic carbocycles. The molecule has 0 aromatic heterocycles. The summed E-state index contributed by atoms with van der Waals surface area (Å²) in [6.07, 6.45) is 11.9. The Bertz CT molecular complexity index is 663. The number of esters is 1. The summed E-state index contributed by atoms with van der Waals surface area (Å²) < 4.78 is 5.12. The summed E-state index contributed by atoms with van der Waals surface area (Å²) in [6.45, 7) is 6.53. The maximum atomic E-state index is 12.2. The molecule has 0 radical (unpaired) electrons. The van der Waals surface area contributed by atoms with Gasteiger partial charge in [-0.3, -0.25) is 9.69 Å². The second kappa shape index (κ2) is 4.88. The Labute approximate surface area is 158 Å². The summed E-state index contributed by atoms with van der Waals surface area (Å²) in [5, 5.41) is 0. The van der Waals surface area contributed by atoms with Crippen LogP contribution in [0.1, 0.15) is 71.6 Å². The van der Waals surface area contributed by atoms with Crippen LogP contribution in [0, 0.1) is 39.9 Å². The van der Waals surface area contributed by atoms with Crippen molar-refractivity contribution in [2.24, 2.45) is 39.9 Å². The maximum Gasteiger partial charge on any atom is 0.305 e. The van der Waals surface area contributed by atoms with Crippen LogP contribution >= 0.6 is 0 Å². The molecular formula is C23H35NO2. The minimum atomic E-state index is 0.0172. The summed E-state index contributed by atoms with van der Waals surface area (Å²) in [5.41, 5.74) is 1.44. The first-order valence-corrected chi connectivity index (χ1v) is 11.3. The molecule has 3 nitrogen and oxygen atoms in total. The quantitative estimate of drug-likeness (QED) is 0.707.